The zero-order valence-electron chi connectivity index (χ0n) is 15.1. The number of benzene rings is 1. The van der Waals surface area contributed by atoms with Gasteiger partial charge < -0.3 is 10.0 Å². The second-order valence-corrected chi connectivity index (χ2v) is 8.55. The third-order valence-electron chi connectivity index (χ3n) is 5.13. The minimum atomic E-state index is -0.0971. The quantitative estimate of drug-likeness (QED) is 0.795. The molecule has 3 nitrogen and oxygen atoms in total. The third kappa shape index (κ3) is 4.97. The van der Waals surface area contributed by atoms with Crippen LogP contribution >= 0.6 is 11.6 Å². The fourth-order valence-electron chi connectivity index (χ4n) is 3.83. The summed E-state index contributed by atoms with van der Waals surface area (Å²) in [5.74, 6) is 0.209. The molecule has 0 bridgehead atoms. The Morgan fingerprint density at radius 2 is 2.00 bits per heavy atom. The number of aliphatic hydroxyl groups excluding tert-OH is 1. The van der Waals surface area contributed by atoms with Crippen molar-refractivity contribution in [3.05, 3.63) is 34.9 Å². The highest BCUT2D eigenvalue weighted by atomic mass is 35.5. The van der Waals surface area contributed by atoms with Crippen LogP contribution in [-0.4, -0.2) is 35.6 Å². The number of hydrogen-bond acceptors (Lipinski definition) is 2. The van der Waals surface area contributed by atoms with Crippen LogP contribution < -0.4 is 0 Å². The molecule has 1 aliphatic rings. The van der Waals surface area contributed by atoms with E-state index >= 15 is 0 Å². The summed E-state index contributed by atoms with van der Waals surface area (Å²) < 4.78 is 0. The molecule has 0 aromatic heterocycles. The summed E-state index contributed by atoms with van der Waals surface area (Å²) in [4.78, 5) is 14.7. The van der Waals surface area contributed by atoms with Crippen molar-refractivity contribution in [2.75, 3.05) is 19.7 Å². The van der Waals surface area contributed by atoms with Crippen LogP contribution in [0.4, 0.5) is 0 Å². The predicted molar refractivity (Wildman–Crippen MR) is 99.2 cm³/mol. The second-order valence-electron chi connectivity index (χ2n) is 8.12. The molecule has 1 atom stereocenters. The van der Waals surface area contributed by atoms with Crippen LogP contribution in [0.2, 0.25) is 5.02 Å². The highest BCUT2D eigenvalue weighted by molar-refractivity contribution is 6.30. The maximum Gasteiger partial charge on any atom is 0.223 e. The molecule has 1 aliphatic heterocycles. The van der Waals surface area contributed by atoms with Crippen LogP contribution in [0.5, 0.6) is 0 Å². The number of carbonyl (C=O) groups excluding carboxylic acids is 1. The van der Waals surface area contributed by atoms with Gasteiger partial charge in [0.1, 0.15) is 0 Å². The van der Waals surface area contributed by atoms with Crippen LogP contribution in [-0.2, 0) is 11.2 Å². The summed E-state index contributed by atoms with van der Waals surface area (Å²) in [5, 5.41) is 10.5. The Kier molecular flexibility index (Phi) is 6.33. The van der Waals surface area contributed by atoms with E-state index in [1.807, 2.05) is 29.2 Å². The van der Waals surface area contributed by atoms with E-state index in [1.165, 1.54) is 5.56 Å². The van der Waals surface area contributed by atoms with Gasteiger partial charge in [0.25, 0.3) is 0 Å². The molecule has 134 valence electrons. The van der Waals surface area contributed by atoms with Crippen molar-refractivity contribution < 1.29 is 9.90 Å². The van der Waals surface area contributed by atoms with E-state index in [1.54, 1.807) is 0 Å². The van der Waals surface area contributed by atoms with Gasteiger partial charge in [0.2, 0.25) is 5.91 Å². The van der Waals surface area contributed by atoms with Gasteiger partial charge in [0, 0.05) is 29.9 Å². The fraction of sp³-hybridized carbons (Fsp3) is 0.650. The number of carbonyl (C=O) groups is 1. The zero-order valence-corrected chi connectivity index (χ0v) is 15.9. The Labute approximate surface area is 151 Å². The van der Waals surface area contributed by atoms with Gasteiger partial charge in [-0.3, -0.25) is 4.79 Å². The van der Waals surface area contributed by atoms with Crippen LogP contribution in [0.15, 0.2) is 24.3 Å². The topological polar surface area (TPSA) is 40.5 Å². The van der Waals surface area contributed by atoms with Crippen molar-refractivity contribution in [3.63, 3.8) is 0 Å². The van der Waals surface area contributed by atoms with Gasteiger partial charge in [-0.15, -0.1) is 0 Å². The van der Waals surface area contributed by atoms with Gasteiger partial charge in [-0.2, -0.15) is 0 Å². The predicted octanol–water partition coefficient (Wildman–Crippen LogP) is 4.31. The molecule has 2 rings (SSSR count). The van der Waals surface area contributed by atoms with Crippen LogP contribution in [0, 0.1) is 10.8 Å². The van der Waals surface area contributed by atoms with E-state index in [0.717, 1.165) is 37.3 Å². The SMILES string of the molecule is CCCC1(CO)CCN(C(=O)CC(C)(C)Cc2ccc(Cl)cc2)C1. The highest BCUT2D eigenvalue weighted by Gasteiger charge is 2.39. The first-order chi connectivity index (χ1) is 11.3. The average molecular weight is 352 g/mol. The van der Waals surface area contributed by atoms with Crippen molar-refractivity contribution in [1.29, 1.82) is 0 Å². The first-order valence-electron chi connectivity index (χ1n) is 8.92. The molecule has 24 heavy (non-hydrogen) atoms. The maximum absolute atomic E-state index is 12.7. The molecule has 1 heterocycles. The van der Waals surface area contributed by atoms with Gasteiger partial charge in [0.15, 0.2) is 0 Å². The smallest absolute Gasteiger partial charge is 0.223 e. The Morgan fingerprint density at radius 3 is 2.58 bits per heavy atom. The van der Waals surface area contributed by atoms with Gasteiger partial charge in [-0.1, -0.05) is 50.9 Å². The Hall–Kier alpha value is -1.06. The van der Waals surface area contributed by atoms with Gasteiger partial charge >= 0.3 is 0 Å². The Balaban J connectivity index is 1.94. The van der Waals surface area contributed by atoms with E-state index in [4.69, 9.17) is 11.6 Å². The fourth-order valence-corrected chi connectivity index (χ4v) is 3.96. The lowest BCUT2D eigenvalue weighted by Crippen LogP contribution is -2.36. The molecule has 1 N–H and O–H groups in total. The lowest BCUT2D eigenvalue weighted by atomic mass is 9.82. The Bertz CT molecular complexity index is 555. The maximum atomic E-state index is 12.7. The number of halogens is 1. The summed E-state index contributed by atoms with van der Waals surface area (Å²) in [6.45, 7) is 8.07. The standard InChI is InChI=1S/C20H30ClNO2/c1-4-9-20(15-23)10-11-22(14-20)18(24)13-19(2,3)12-16-5-7-17(21)8-6-16/h5-8,23H,4,9-15H2,1-3H3. The molecular formula is C20H30ClNO2. The zero-order chi connectivity index (χ0) is 17.8. The van der Waals surface area contributed by atoms with E-state index in [2.05, 4.69) is 20.8 Å². The van der Waals surface area contributed by atoms with Crippen molar-refractivity contribution >= 4 is 17.5 Å². The lowest BCUT2D eigenvalue weighted by molar-refractivity contribution is -0.132. The minimum absolute atomic E-state index is 0.0786. The number of aliphatic hydroxyl groups is 1. The number of hydrogen-bond donors (Lipinski definition) is 1. The molecule has 0 saturated carbocycles. The second kappa shape index (κ2) is 7.88. The molecule has 0 radical (unpaired) electrons. The summed E-state index contributed by atoms with van der Waals surface area (Å²) in [7, 11) is 0. The molecule has 1 saturated heterocycles. The minimum Gasteiger partial charge on any atom is -0.396 e. The van der Waals surface area contributed by atoms with E-state index < -0.39 is 0 Å². The largest absolute Gasteiger partial charge is 0.396 e. The summed E-state index contributed by atoms with van der Waals surface area (Å²) >= 11 is 5.94. The van der Waals surface area contributed by atoms with Crippen molar-refractivity contribution in [2.45, 2.75) is 52.9 Å². The molecule has 1 aromatic rings. The normalized spacial score (nSPS) is 21.3. The van der Waals surface area contributed by atoms with Crippen molar-refractivity contribution in [3.8, 4) is 0 Å². The molecule has 1 fully saturated rings. The van der Waals surface area contributed by atoms with Crippen LogP contribution in [0.3, 0.4) is 0 Å². The molecule has 1 aromatic carbocycles. The van der Waals surface area contributed by atoms with Gasteiger partial charge in [-0.25, -0.2) is 0 Å². The molecule has 0 aliphatic carbocycles. The third-order valence-corrected chi connectivity index (χ3v) is 5.38. The average Bonchev–Trinajstić information content (AvgIpc) is 2.94. The Morgan fingerprint density at radius 1 is 1.33 bits per heavy atom. The van der Waals surface area contributed by atoms with Gasteiger partial charge in [-0.05, 0) is 42.4 Å². The summed E-state index contributed by atoms with van der Waals surface area (Å²) in [6, 6.07) is 7.86. The number of nitrogens with zero attached hydrogens (tertiary/aromatic N) is 1. The highest BCUT2D eigenvalue weighted by Crippen LogP contribution is 2.36. The number of rotatable bonds is 7. The number of amides is 1. The molecule has 4 heteroatoms. The van der Waals surface area contributed by atoms with Gasteiger partial charge in [0.05, 0.1) is 6.61 Å². The number of likely N-dealkylation sites (tertiary alicyclic amines) is 1. The van der Waals surface area contributed by atoms with E-state index in [-0.39, 0.29) is 23.3 Å². The molecule has 0 spiro atoms. The first kappa shape index (κ1) is 19.3. The van der Waals surface area contributed by atoms with E-state index in [9.17, 15) is 9.90 Å². The first-order valence-corrected chi connectivity index (χ1v) is 9.30. The molecule has 1 amide bonds. The van der Waals surface area contributed by atoms with Crippen LogP contribution in [0.1, 0.15) is 52.0 Å². The monoisotopic (exact) mass is 351 g/mol. The summed E-state index contributed by atoms with van der Waals surface area (Å²) in [6.07, 6.45) is 4.33. The van der Waals surface area contributed by atoms with Crippen molar-refractivity contribution in [1.82, 2.24) is 4.90 Å². The van der Waals surface area contributed by atoms with E-state index in [0.29, 0.717) is 13.0 Å². The van der Waals surface area contributed by atoms with Crippen molar-refractivity contribution in [2.24, 2.45) is 10.8 Å². The van der Waals surface area contributed by atoms with Crippen LogP contribution in [0.25, 0.3) is 0 Å². The lowest BCUT2D eigenvalue weighted by Gasteiger charge is -2.29. The molecular weight excluding hydrogens is 322 g/mol. The summed E-state index contributed by atoms with van der Waals surface area (Å²) in [5.41, 5.74) is 1.03. The molecule has 1 unspecified atom stereocenters.